The number of hydrogen-bond donors (Lipinski definition) is 1. The Kier molecular flexibility index (Phi) is 11.2. The topological polar surface area (TPSA) is 96.0 Å². The molecule has 9 heteroatoms. The van der Waals surface area contributed by atoms with Crippen molar-refractivity contribution in [1.82, 2.24) is 10.2 Å². The van der Waals surface area contributed by atoms with Crippen molar-refractivity contribution in [2.45, 2.75) is 64.9 Å². The molecule has 1 atom stereocenters. The molecule has 0 fully saturated rings. The Labute approximate surface area is 250 Å². The standard InChI is InChI=1S/C33H43N3O5S/c1-23(2)20-34-33(38)26(6)35(21-27-10-16-30(41-7)17-11-27)32(37)22-36(29-14-12-28(13-15-29)24(3)4)42(39,40)31-18-8-25(5)9-19-31/h8-19,23-24,26H,20-22H2,1-7H3,(H,34,38)/t26-/m0/s1. The maximum atomic E-state index is 14.1. The summed E-state index contributed by atoms with van der Waals surface area (Å²) in [5.74, 6) is 0.352. The predicted octanol–water partition coefficient (Wildman–Crippen LogP) is 5.51. The maximum Gasteiger partial charge on any atom is 0.264 e. The lowest BCUT2D eigenvalue weighted by Crippen LogP contribution is -2.51. The fraction of sp³-hybridized carbons (Fsp3) is 0.394. The Hall–Kier alpha value is -3.85. The van der Waals surface area contributed by atoms with Crippen molar-refractivity contribution in [3.63, 3.8) is 0 Å². The molecular formula is C33H43N3O5S. The highest BCUT2D eigenvalue weighted by molar-refractivity contribution is 7.92. The Morgan fingerprint density at radius 2 is 1.45 bits per heavy atom. The van der Waals surface area contributed by atoms with Crippen molar-refractivity contribution in [1.29, 1.82) is 0 Å². The molecule has 3 aromatic rings. The summed E-state index contributed by atoms with van der Waals surface area (Å²) >= 11 is 0. The summed E-state index contributed by atoms with van der Waals surface area (Å²) in [6.07, 6.45) is 0. The number of methoxy groups -OCH3 is 1. The molecule has 0 radical (unpaired) electrons. The van der Waals surface area contributed by atoms with Gasteiger partial charge in [-0.15, -0.1) is 0 Å². The molecule has 0 bridgehead atoms. The lowest BCUT2D eigenvalue weighted by molar-refractivity contribution is -0.139. The smallest absolute Gasteiger partial charge is 0.264 e. The molecule has 0 aromatic heterocycles. The number of amides is 2. The second-order valence-electron chi connectivity index (χ2n) is 11.3. The van der Waals surface area contributed by atoms with Crippen molar-refractivity contribution in [3.05, 3.63) is 89.5 Å². The summed E-state index contributed by atoms with van der Waals surface area (Å²) in [6, 6.07) is 20.1. The first-order valence-corrected chi connectivity index (χ1v) is 15.7. The van der Waals surface area contributed by atoms with E-state index in [1.165, 1.54) is 4.90 Å². The van der Waals surface area contributed by atoms with Crippen molar-refractivity contribution >= 4 is 27.5 Å². The van der Waals surface area contributed by atoms with E-state index in [-0.39, 0.29) is 29.2 Å². The molecule has 2 amide bonds. The number of anilines is 1. The fourth-order valence-corrected chi connectivity index (χ4v) is 5.77. The molecule has 0 heterocycles. The highest BCUT2D eigenvalue weighted by Crippen LogP contribution is 2.27. The average molecular weight is 594 g/mol. The highest BCUT2D eigenvalue weighted by atomic mass is 32.2. The van der Waals surface area contributed by atoms with Crippen LogP contribution in [0.4, 0.5) is 5.69 Å². The van der Waals surface area contributed by atoms with Gasteiger partial charge in [0, 0.05) is 13.1 Å². The molecule has 0 saturated heterocycles. The number of nitrogens with one attached hydrogen (secondary N) is 1. The number of nitrogens with zero attached hydrogens (tertiary/aromatic N) is 2. The predicted molar refractivity (Wildman–Crippen MR) is 167 cm³/mol. The van der Waals surface area contributed by atoms with Crippen LogP contribution in [0, 0.1) is 12.8 Å². The van der Waals surface area contributed by atoms with Gasteiger partial charge in [0.2, 0.25) is 11.8 Å². The van der Waals surface area contributed by atoms with Crippen molar-refractivity contribution in [2.75, 3.05) is 24.5 Å². The molecule has 226 valence electrons. The third kappa shape index (κ3) is 8.35. The largest absolute Gasteiger partial charge is 0.497 e. The van der Waals surface area contributed by atoms with Crippen LogP contribution in [-0.4, -0.2) is 51.4 Å². The molecule has 3 rings (SSSR count). The van der Waals surface area contributed by atoms with Gasteiger partial charge in [0.15, 0.2) is 0 Å². The molecule has 0 aliphatic rings. The van der Waals surface area contributed by atoms with E-state index in [4.69, 9.17) is 4.74 Å². The van der Waals surface area contributed by atoms with Gasteiger partial charge in [-0.25, -0.2) is 8.42 Å². The van der Waals surface area contributed by atoms with Crippen molar-refractivity contribution in [3.8, 4) is 5.75 Å². The second-order valence-corrected chi connectivity index (χ2v) is 13.1. The minimum absolute atomic E-state index is 0.0817. The molecule has 42 heavy (non-hydrogen) atoms. The SMILES string of the molecule is COc1ccc(CN(C(=O)CN(c2ccc(C(C)C)cc2)S(=O)(=O)c2ccc(C)cc2)[C@@H](C)C(=O)NCC(C)C)cc1. The van der Waals surface area contributed by atoms with Gasteiger partial charge < -0.3 is 15.0 Å². The fourth-order valence-electron chi connectivity index (χ4n) is 4.35. The quantitative estimate of drug-likeness (QED) is 0.282. The molecule has 0 saturated carbocycles. The van der Waals surface area contributed by atoms with E-state index >= 15 is 0 Å². The Morgan fingerprint density at radius 3 is 1.98 bits per heavy atom. The molecule has 3 aromatic carbocycles. The number of benzene rings is 3. The van der Waals surface area contributed by atoms with Crippen LogP contribution < -0.4 is 14.4 Å². The Morgan fingerprint density at radius 1 is 0.857 bits per heavy atom. The molecule has 8 nitrogen and oxygen atoms in total. The van der Waals surface area contributed by atoms with Gasteiger partial charge in [0.05, 0.1) is 17.7 Å². The first kappa shape index (κ1) is 32.7. The zero-order chi connectivity index (χ0) is 31.0. The number of ether oxygens (including phenoxy) is 1. The average Bonchev–Trinajstić information content (AvgIpc) is 2.97. The van der Waals surface area contributed by atoms with Gasteiger partial charge in [0.1, 0.15) is 18.3 Å². The van der Waals surface area contributed by atoms with E-state index in [9.17, 15) is 18.0 Å². The number of hydrogen-bond acceptors (Lipinski definition) is 5. The molecule has 0 spiro atoms. The van der Waals surface area contributed by atoms with Gasteiger partial charge in [-0.05, 0) is 73.2 Å². The number of carbonyl (C=O) groups excluding carboxylic acids is 2. The lowest BCUT2D eigenvalue weighted by Gasteiger charge is -2.32. The minimum Gasteiger partial charge on any atom is -0.497 e. The van der Waals surface area contributed by atoms with Crippen LogP contribution in [0.25, 0.3) is 0 Å². The van der Waals surface area contributed by atoms with E-state index in [1.807, 2.05) is 45.0 Å². The van der Waals surface area contributed by atoms with Crippen LogP contribution in [0.5, 0.6) is 5.75 Å². The van der Waals surface area contributed by atoms with Crippen LogP contribution in [-0.2, 0) is 26.2 Å². The summed E-state index contributed by atoms with van der Waals surface area (Å²) < 4.78 is 34.4. The van der Waals surface area contributed by atoms with Crippen molar-refractivity contribution < 1.29 is 22.7 Å². The van der Waals surface area contributed by atoms with E-state index < -0.39 is 28.5 Å². The number of carbonyl (C=O) groups is 2. The number of rotatable bonds is 13. The first-order chi connectivity index (χ1) is 19.8. The third-order valence-electron chi connectivity index (χ3n) is 7.10. The summed E-state index contributed by atoms with van der Waals surface area (Å²) in [6.45, 7) is 11.7. The van der Waals surface area contributed by atoms with Crippen LogP contribution in [0.2, 0.25) is 0 Å². The minimum atomic E-state index is -4.11. The zero-order valence-electron chi connectivity index (χ0n) is 25.6. The molecule has 0 aliphatic carbocycles. The Bertz CT molecular complexity index is 1430. The Balaban J connectivity index is 2.02. The van der Waals surface area contributed by atoms with Crippen LogP contribution in [0.1, 0.15) is 57.2 Å². The molecular weight excluding hydrogens is 550 g/mol. The van der Waals surface area contributed by atoms with Gasteiger partial charge in [-0.1, -0.05) is 69.7 Å². The molecule has 0 unspecified atom stereocenters. The molecule has 1 N–H and O–H groups in total. The lowest BCUT2D eigenvalue weighted by atomic mass is 10.0. The van der Waals surface area contributed by atoms with Gasteiger partial charge in [0.25, 0.3) is 10.0 Å². The molecule has 0 aliphatic heterocycles. The normalized spacial score (nSPS) is 12.2. The monoisotopic (exact) mass is 593 g/mol. The second kappa shape index (κ2) is 14.4. The first-order valence-electron chi connectivity index (χ1n) is 14.2. The summed E-state index contributed by atoms with van der Waals surface area (Å²) in [7, 11) is -2.54. The van der Waals surface area contributed by atoms with Crippen LogP contribution >= 0.6 is 0 Å². The summed E-state index contributed by atoms with van der Waals surface area (Å²) in [4.78, 5) is 28.7. The highest BCUT2D eigenvalue weighted by Gasteiger charge is 2.32. The number of sulfonamides is 1. The van der Waals surface area contributed by atoms with E-state index in [2.05, 4.69) is 19.2 Å². The van der Waals surface area contributed by atoms with Gasteiger partial charge >= 0.3 is 0 Å². The van der Waals surface area contributed by atoms with E-state index in [0.717, 1.165) is 21.0 Å². The summed E-state index contributed by atoms with van der Waals surface area (Å²) in [5.41, 5.74) is 3.12. The van der Waals surface area contributed by atoms with Crippen LogP contribution in [0.15, 0.2) is 77.7 Å². The van der Waals surface area contributed by atoms with E-state index in [0.29, 0.717) is 18.0 Å². The summed E-state index contributed by atoms with van der Waals surface area (Å²) in [5, 5.41) is 2.90. The van der Waals surface area contributed by atoms with Crippen molar-refractivity contribution in [2.24, 2.45) is 5.92 Å². The number of aryl methyl sites for hydroxylation is 1. The van der Waals surface area contributed by atoms with Gasteiger partial charge in [-0.2, -0.15) is 0 Å². The van der Waals surface area contributed by atoms with E-state index in [1.54, 1.807) is 62.6 Å². The van der Waals surface area contributed by atoms with Crippen LogP contribution in [0.3, 0.4) is 0 Å². The van der Waals surface area contributed by atoms with Gasteiger partial charge in [-0.3, -0.25) is 13.9 Å². The maximum absolute atomic E-state index is 14.1. The zero-order valence-corrected chi connectivity index (χ0v) is 26.4. The third-order valence-corrected chi connectivity index (χ3v) is 8.89.